The van der Waals surface area contributed by atoms with E-state index in [4.69, 9.17) is 0 Å². The highest BCUT2D eigenvalue weighted by molar-refractivity contribution is 5.95. The molecular formula is C15H21N3O2. The van der Waals surface area contributed by atoms with Gasteiger partial charge in [-0.2, -0.15) is 0 Å². The fraction of sp³-hybridized carbons (Fsp3) is 0.467. The van der Waals surface area contributed by atoms with Gasteiger partial charge in [0.2, 0.25) is 5.96 Å². The first-order valence-corrected chi connectivity index (χ1v) is 6.77. The van der Waals surface area contributed by atoms with Gasteiger partial charge in [0.25, 0.3) is 0 Å². The van der Waals surface area contributed by atoms with Crippen molar-refractivity contribution in [3.8, 4) is 0 Å². The van der Waals surface area contributed by atoms with E-state index in [-0.39, 0.29) is 12.1 Å². The summed E-state index contributed by atoms with van der Waals surface area (Å²) in [6.07, 6.45) is -0.487. The van der Waals surface area contributed by atoms with Gasteiger partial charge < -0.3 is 9.64 Å². The topological polar surface area (TPSA) is 53.9 Å². The number of ether oxygens (including phenoxy) is 1. The van der Waals surface area contributed by atoms with Crippen molar-refractivity contribution in [2.24, 2.45) is 4.99 Å². The summed E-state index contributed by atoms with van der Waals surface area (Å²) >= 11 is 0. The number of carbonyl (C=O) groups is 1. The molecule has 1 N–H and O–H groups in total. The van der Waals surface area contributed by atoms with Crippen LogP contribution in [-0.4, -0.2) is 36.6 Å². The van der Waals surface area contributed by atoms with Gasteiger partial charge in [-0.05, 0) is 26.3 Å². The Kier molecular flexibility index (Phi) is 4.27. The summed E-state index contributed by atoms with van der Waals surface area (Å²) in [5.41, 5.74) is 2.44. The zero-order chi connectivity index (χ0) is 14.7. The predicted octanol–water partition coefficient (Wildman–Crippen LogP) is 2.47. The van der Waals surface area contributed by atoms with E-state index >= 15 is 0 Å². The van der Waals surface area contributed by atoms with E-state index in [1.807, 2.05) is 0 Å². The first kappa shape index (κ1) is 14.4. The maximum Gasteiger partial charge on any atom is 0.413 e. The Morgan fingerprint density at radius 1 is 1.40 bits per heavy atom. The summed E-state index contributed by atoms with van der Waals surface area (Å²) in [5.74, 6) is 0.581. The lowest BCUT2D eigenvalue weighted by Gasteiger charge is -2.31. The molecule has 20 heavy (non-hydrogen) atoms. The number of carbonyl (C=O) groups excluding carboxylic acids is 1. The van der Waals surface area contributed by atoms with Gasteiger partial charge in [-0.1, -0.05) is 29.8 Å². The highest BCUT2D eigenvalue weighted by atomic mass is 16.5. The van der Waals surface area contributed by atoms with Crippen molar-refractivity contribution < 1.29 is 9.53 Å². The van der Waals surface area contributed by atoms with Crippen molar-refractivity contribution in [2.75, 3.05) is 13.7 Å². The molecule has 1 heterocycles. The first-order chi connectivity index (χ1) is 9.52. The molecule has 1 aliphatic heterocycles. The number of alkyl carbamates (subject to hydrolysis) is 1. The van der Waals surface area contributed by atoms with E-state index in [2.05, 4.69) is 65.0 Å². The second kappa shape index (κ2) is 5.94. The van der Waals surface area contributed by atoms with E-state index in [1.54, 1.807) is 0 Å². The summed E-state index contributed by atoms with van der Waals surface area (Å²) in [6, 6.07) is 8.82. The molecule has 1 aromatic carbocycles. The molecule has 5 heteroatoms. The van der Waals surface area contributed by atoms with Crippen molar-refractivity contribution in [1.82, 2.24) is 10.2 Å². The summed E-state index contributed by atoms with van der Waals surface area (Å²) in [5, 5.41) is 2.69. The van der Waals surface area contributed by atoms with Crippen molar-refractivity contribution in [3.63, 3.8) is 0 Å². The molecule has 0 bridgehead atoms. The maximum atomic E-state index is 11.4. The predicted molar refractivity (Wildman–Crippen MR) is 78.7 cm³/mol. The number of aliphatic imine (C=N–C) groups is 1. The average Bonchev–Trinajstić information content (AvgIpc) is 2.83. The largest absolute Gasteiger partial charge is 0.453 e. The van der Waals surface area contributed by atoms with Crippen LogP contribution in [0.4, 0.5) is 4.79 Å². The Bertz CT molecular complexity index is 508. The number of rotatable bonds is 2. The molecule has 108 valence electrons. The van der Waals surface area contributed by atoms with E-state index in [0.717, 1.165) is 0 Å². The molecule has 0 radical (unpaired) electrons. The van der Waals surface area contributed by atoms with Crippen LogP contribution >= 0.6 is 0 Å². The third-order valence-corrected chi connectivity index (χ3v) is 3.41. The fourth-order valence-corrected chi connectivity index (χ4v) is 2.40. The fourth-order valence-electron chi connectivity index (χ4n) is 2.40. The third kappa shape index (κ3) is 2.92. The molecule has 0 saturated heterocycles. The number of aryl methyl sites for hydroxylation is 1. The second-order valence-corrected chi connectivity index (χ2v) is 5.21. The monoisotopic (exact) mass is 275 g/mol. The minimum absolute atomic E-state index is 0.155. The lowest BCUT2D eigenvalue weighted by molar-refractivity contribution is 0.174. The minimum Gasteiger partial charge on any atom is -0.453 e. The molecule has 0 aromatic heterocycles. The number of benzene rings is 1. The lowest BCUT2D eigenvalue weighted by Crippen LogP contribution is -2.46. The van der Waals surface area contributed by atoms with Crippen LogP contribution in [-0.2, 0) is 4.74 Å². The van der Waals surface area contributed by atoms with Crippen LogP contribution in [0.2, 0.25) is 0 Å². The number of methoxy groups -OCH3 is 1. The van der Waals surface area contributed by atoms with E-state index < -0.39 is 6.09 Å². The van der Waals surface area contributed by atoms with Crippen LogP contribution in [0.1, 0.15) is 31.0 Å². The molecule has 0 aliphatic carbocycles. The van der Waals surface area contributed by atoms with Crippen molar-refractivity contribution in [1.29, 1.82) is 0 Å². The Hall–Kier alpha value is -2.04. The molecule has 5 nitrogen and oxygen atoms in total. The van der Waals surface area contributed by atoms with Crippen molar-refractivity contribution in [2.45, 2.75) is 32.9 Å². The smallest absolute Gasteiger partial charge is 0.413 e. The van der Waals surface area contributed by atoms with Crippen LogP contribution in [0.5, 0.6) is 0 Å². The summed E-state index contributed by atoms with van der Waals surface area (Å²) in [4.78, 5) is 17.9. The van der Waals surface area contributed by atoms with Crippen LogP contribution < -0.4 is 5.32 Å². The normalized spacial score (nSPS) is 18.1. The van der Waals surface area contributed by atoms with Gasteiger partial charge in [0.05, 0.1) is 19.7 Å². The highest BCUT2D eigenvalue weighted by Crippen LogP contribution is 2.28. The molecular weight excluding hydrogens is 254 g/mol. The van der Waals surface area contributed by atoms with Gasteiger partial charge in [-0.25, -0.2) is 4.79 Å². The van der Waals surface area contributed by atoms with Gasteiger partial charge in [-0.3, -0.25) is 10.3 Å². The second-order valence-electron chi connectivity index (χ2n) is 5.21. The molecule has 1 aromatic rings. The standard InChI is InChI=1S/C15H21N3O2/c1-10(2)18-13(12-7-5-11(3)6-8-12)9-16-14(18)17-15(19)20-4/h5-8,10,13H,9H2,1-4H3,(H,16,17,19). The van der Waals surface area contributed by atoms with E-state index in [1.165, 1.54) is 18.2 Å². The number of amides is 1. The summed E-state index contributed by atoms with van der Waals surface area (Å²) in [6.45, 7) is 6.88. The molecule has 0 fully saturated rings. The zero-order valence-electron chi connectivity index (χ0n) is 12.4. The van der Waals surface area contributed by atoms with Crippen LogP contribution in [0, 0.1) is 6.92 Å². The van der Waals surface area contributed by atoms with Gasteiger partial charge >= 0.3 is 6.09 Å². The minimum atomic E-state index is -0.487. The van der Waals surface area contributed by atoms with Gasteiger partial charge in [0.1, 0.15) is 0 Å². The third-order valence-electron chi connectivity index (χ3n) is 3.41. The lowest BCUT2D eigenvalue weighted by atomic mass is 10.0. The Morgan fingerprint density at radius 3 is 2.60 bits per heavy atom. The van der Waals surface area contributed by atoms with Crippen LogP contribution in [0.3, 0.4) is 0 Å². The molecule has 1 atom stereocenters. The molecule has 1 unspecified atom stereocenters. The molecule has 0 saturated carbocycles. The van der Waals surface area contributed by atoms with Crippen LogP contribution in [0.25, 0.3) is 0 Å². The molecule has 2 rings (SSSR count). The molecule has 1 amide bonds. The maximum absolute atomic E-state index is 11.4. The highest BCUT2D eigenvalue weighted by Gasteiger charge is 2.32. The quantitative estimate of drug-likeness (QED) is 0.902. The summed E-state index contributed by atoms with van der Waals surface area (Å²) in [7, 11) is 1.35. The van der Waals surface area contributed by atoms with Gasteiger partial charge in [-0.15, -0.1) is 0 Å². The van der Waals surface area contributed by atoms with Crippen molar-refractivity contribution in [3.05, 3.63) is 35.4 Å². The Labute approximate surface area is 119 Å². The summed E-state index contributed by atoms with van der Waals surface area (Å²) < 4.78 is 4.64. The SMILES string of the molecule is COC(=O)NC1=NCC(c2ccc(C)cc2)N1C(C)C. The van der Waals surface area contributed by atoms with Crippen molar-refractivity contribution >= 4 is 12.1 Å². The number of nitrogens with one attached hydrogen (secondary N) is 1. The van der Waals surface area contributed by atoms with Gasteiger partial charge in [0.15, 0.2) is 0 Å². The number of nitrogens with zero attached hydrogens (tertiary/aromatic N) is 2. The molecule has 0 spiro atoms. The number of hydrogen-bond acceptors (Lipinski definition) is 4. The molecule has 1 aliphatic rings. The average molecular weight is 275 g/mol. The van der Waals surface area contributed by atoms with E-state index in [0.29, 0.717) is 12.5 Å². The zero-order valence-corrected chi connectivity index (χ0v) is 12.4. The number of hydrogen-bond donors (Lipinski definition) is 1. The Morgan fingerprint density at radius 2 is 2.05 bits per heavy atom. The van der Waals surface area contributed by atoms with E-state index in [9.17, 15) is 4.79 Å². The number of guanidine groups is 1. The first-order valence-electron chi connectivity index (χ1n) is 6.77. The van der Waals surface area contributed by atoms with Gasteiger partial charge in [0, 0.05) is 6.04 Å². The Balaban J connectivity index is 2.20. The van der Waals surface area contributed by atoms with Crippen LogP contribution in [0.15, 0.2) is 29.3 Å².